The van der Waals surface area contributed by atoms with Gasteiger partial charge in [0.05, 0.1) is 24.5 Å². The Bertz CT molecular complexity index is 851. The highest BCUT2D eigenvalue weighted by molar-refractivity contribution is 5.98. The Kier molecular flexibility index (Phi) is 5.59. The topological polar surface area (TPSA) is 67.4 Å². The van der Waals surface area contributed by atoms with E-state index in [1.165, 1.54) is 12.1 Å². The van der Waals surface area contributed by atoms with Crippen molar-refractivity contribution in [2.45, 2.75) is 18.8 Å². The lowest BCUT2D eigenvalue weighted by Gasteiger charge is -2.26. The van der Waals surface area contributed by atoms with Gasteiger partial charge in [-0.3, -0.25) is 9.69 Å². The van der Waals surface area contributed by atoms with Crippen molar-refractivity contribution in [2.75, 3.05) is 44.7 Å². The van der Waals surface area contributed by atoms with Gasteiger partial charge in [-0.2, -0.15) is 0 Å². The number of halogens is 2. The SMILES string of the molecule is O=C1C[C@H](c2cc(F)cc(F)c2)Cc2nc(NCCN3CCOCC3)ncc21. The number of morpholine rings is 1. The minimum Gasteiger partial charge on any atom is -0.379 e. The first-order valence-electron chi connectivity index (χ1n) is 9.47. The van der Waals surface area contributed by atoms with Gasteiger partial charge in [0.25, 0.3) is 0 Å². The van der Waals surface area contributed by atoms with Gasteiger partial charge in [-0.15, -0.1) is 0 Å². The van der Waals surface area contributed by atoms with Crippen molar-refractivity contribution in [2.24, 2.45) is 0 Å². The predicted octanol–water partition coefficient (Wildman–Crippen LogP) is 2.41. The minimum atomic E-state index is -0.638. The third kappa shape index (κ3) is 4.34. The average molecular weight is 388 g/mol. The van der Waals surface area contributed by atoms with Crippen LogP contribution in [0.2, 0.25) is 0 Å². The zero-order valence-corrected chi connectivity index (χ0v) is 15.5. The summed E-state index contributed by atoms with van der Waals surface area (Å²) in [5, 5.41) is 3.19. The molecule has 0 spiro atoms. The van der Waals surface area contributed by atoms with Crippen LogP contribution >= 0.6 is 0 Å². The van der Waals surface area contributed by atoms with E-state index in [2.05, 4.69) is 20.2 Å². The summed E-state index contributed by atoms with van der Waals surface area (Å²) in [5.74, 6) is -1.20. The Hall–Kier alpha value is -2.45. The number of anilines is 1. The zero-order valence-electron chi connectivity index (χ0n) is 15.5. The van der Waals surface area contributed by atoms with Crippen molar-refractivity contribution in [3.05, 3.63) is 52.9 Å². The molecule has 1 aromatic carbocycles. The number of ketones is 1. The molecule has 0 radical (unpaired) electrons. The van der Waals surface area contributed by atoms with Crippen LogP contribution in [0, 0.1) is 11.6 Å². The molecule has 2 aromatic rings. The molecule has 1 aliphatic heterocycles. The van der Waals surface area contributed by atoms with Crippen molar-refractivity contribution in [3.63, 3.8) is 0 Å². The van der Waals surface area contributed by atoms with E-state index < -0.39 is 11.6 Å². The van der Waals surface area contributed by atoms with Crippen molar-refractivity contribution in [1.82, 2.24) is 14.9 Å². The van der Waals surface area contributed by atoms with Gasteiger partial charge in [-0.1, -0.05) is 0 Å². The summed E-state index contributed by atoms with van der Waals surface area (Å²) < 4.78 is 32.5. The number of benzene rings is 1. The fourth-order valence-electron chi connectivity index (χ4n) is 3.73. The maximum atomic E-state index is 13.6. The van der Waals surface area contributed by atoms with E-state index in [0.717, 1.165) is 38.9 Å². The van der Waals surface area contributed by atoms with Crippen molar-refractivity contribution < 1.29 is 18.3 Å². The van der Waals surface area contributed by atoms with Crippen LogP contribution in [0.25, 0.3) is 0 Å². The van der Waals surface area contributed by atoms with E-state index in [-0.39, 0.29) is 18.1 Å². The molecule has 148 valence electrons. The molecule has 1 N–H and O–H groups in total. The number of Topliss-reactive ketones (excluding diaryl/α,β-unsaturated/α-hetero) is 1. The summed E-state index contributed by atoms with van der Waals surface area (Å²) in [7, 11) is 0. The van der Waals surface area contributed by atoms with Crippen LogP contribution in [0.4, 0.5) is 14.7 Å². The van der Waals surface area contributed by atoms with Gasteiger partial charge in [0.2, 0.25) is 5.95 Å². The van der Waals surface area contributed by atoms with Gasteiger partial charge >= 0.3 is 0 Å². The van der Waals surface area contributed by atoms with Crippen LogP contribution < -0.4 is 5.32 Å². The minimum absolute atomic E-state index is 0.101. The van der Waals surface area contributed by atoms with E-state index in [4.69, 9.17) is 4.74 Å². The van der Waals surface area contributed by atoms with E-state index >= 15 is 0 Å². The normalized spacial score (nSPS) is 20.1. The Balaban J connectivity index is 1.44. The van der Waals surface area contributed by atoms with Gasteiger partial charge in [0, 0.05) is 44.9 Å². The highest BCUT2D eigenvalue weighted by Gasteiger charge is 2.28. The number of hydrogen-bond donors (Lipinski definition) is 1. The van der Waals surface area contributed by atoms with Crippen LogP contribution in [-0.4, -0.2) is 60.0 Å². The summed E-state index contributed by atoms with van der Waals surface area (Å²) in [6.45, 7) is 4.86. The summed E-state index contributed by atoms with van der Waals surface area (Å²) >= 11 is 0. The second kappa shape index (κ2) is 8.28. The van der Waals surface area contributed by atoms with Crippen LogP contribution in [0.3, 0.4) is 0 Å². The Labute approximate surface area is 161 Å². The lowest BCUT2D eigenvalue weighted by molar-refractivity contribution is 0.0398. The number of carbonyl (C=O) groups is 1. The number of fused-ring (bicyclic) bond motifs is 1. The molecule has 8 heteroatoms. The maximum Gasteiger partial charge on any atom is 0.222 e. The molecule has 1 fully saturated rings. The molecule has 6 nitrogen and oxygen atoms in total. The Morgan fingerprint density at radius 2 is 1.89 bits per heavy atom. The third-order valence-corrected chi connectivity index (χ3v) is 5.21. The first kappa shape index (κ1) is 18.9. The molecule has 2 heterocycles. The van der Waals surface area contributed by atoms with E-state index in [1.54, 1.807) is 6.20 Å². The molecular formula is C20H22F2N4O2. The molecular weight excluding hydrogens is 366 g/mol. The second-order valence-corrected chi connectivity index (χ2v) is 7.17. The summed E-state index contributed by atoms with van der Waals surface area (Å²) in [6.07, 6.45) is 2.19. The molecule has 0 amide bonds. The molecule has 28 heavy (non-hydrogen) atoms. The molecule has 0 saturated carbocycles. The highest BCUT2D eigenvalue weighted by atomic mass is 19.1. The smallest absolute Gasteiger partial charge is 0.222 e. The van der Waals surface area contributed by atoms with E-state index in [1.807, 2.05) is 0 Å². The van der Waals surface area contributed by atoms with Gasteiger partial charge in [0.1, 0.15) is 11.6 Å². The van der Waals surface area contributed by atoms with Crippen molar-refractivity contribution in [1.29, 1.82) is 0 Å². The summed E-state index contributed by atoms with van der Waals surface area (Å²) in [4.78, 5) is 23.5. The zero-order chi connectivity index (χ0) is 19.5. The molecule has 1 aliphatic carbocycles. The van der Waals surface area contributed by atoms with Gasteiger partial charge in [-0.25, -0.2) is 18.7 Å². The third-order valence-electron chi connectivity index (χ3n) is 5.21. The van der Waals surface area contributed by atoms with Gasteiger partial charge < -0.3 is 10.1 Å². The number of aromatic nitrogens is 2. The highest BCUT2D eigenvalue weighted by Crippen LogP contribution is 2.32. The molecule has 1 atom stereocenters. The van der Waals surface area contributed by atoms with Crippen LogP contribution in [0.5, 0.6) is 0 Å². The van der Waals surface area contributed by atoms with Crippen molar-refractivity contribution >= 4 is 11.7 Å². The molecule has 4 rings (SSSR count). The lowest BCUT2D eigenvalue weighted by Crippen LogP contribution is -2.39. The van der Waals surface area contributed by atoms with Crippen LogP contribution in [0.15, 0.2) is 24.4 Å². The first-order valence-corrected chi connectivity index (χ1v) is 9.47. The first-order chi connectivity index (χ1) is 13.6. The number of rotatable bonds is 5. The van der Waals surface area contributed by atoms with Crippen LogP contribution in [-0.2, 0) is 11.2 Å². The second-order valence-electron chi connectivity index (χ2n) is 7.17. The number of nitrogens with one attached hydrogen (secondary N) is 1. The number of hydrogen-bond acceptors (Lipinski definition) is 6. The molecule has 0 bridgehead atoms. The fourth-order valence-corrected chi connectivity index (χ4v) is 3.73. The molecule has 0 unspecified atom stereocenters. The molecule has 1 saturated heterocycles. The average Bonchev–Trinajstić information content (AvgIpc) is 2.68. The lowest BCUT2D eigenvalue weighted by atomic mass is 9.82. The quantitative estimate of drug-likeness (QED) is 0.849. The van der Waals surface area contributed by atoms with Gasteiger partial charge in [-0.05, 0) is 30.0 Å². The standard InChI is InChI=1S/C20H22F2N4O2/c21-15-7-13(8-16(22)11-15)14-9-18-17(19(27)10-14)12-24-20(25-18)23-1-2-26-3-5-28-6-4-26/h7-8,11-12,14H,1-6,9-10H2,(H,23,24,25)/t14-/m1/s1. The Morgan fingerprint density at radius 3 is 2.64 bits per heavy atom. The molecule has 2 aliphatic rings. The van der Waals surface area contributed by atoms with E-state index in [9.17, 15) is 13.6 Å². The molecule has 1 aromatic heterocycles. The van der Waals surface area contributed by atoms with Crippen LogP contribution in [0.1, 0.15) is 34.0 Å². The predicted molar refractivity (Wildman–Crippen MR) is 99.5 cm³/mol. The van der Waals surface area contributed by atoms with E-state index in [0.29, 0.717) is 35.7 Å². The summed E-state index contributed by atoms with van der Waals surface area (Å²) in [5.41, 5.74) is 1.60. The van der Waals surface area contributed by atoms with Crippen molar-refractivity contribution in [3.8, 4) is 0 Å². The summed E-state index contributed by atoms with van der Waals surface area (Å²) in [6, 6.07) is 3.41. The number of ether oxygens (including phenoxy) is 1. The Morgan fingerprint density at radius 1 is 1.14 bits per heavy atom. The monoisotopic (exact) mass is 388 g/mol. The maximum absolute atomic E-state index is 13.6. The fraction of sp³-hybridized carbons (Fsp3) is 0.450. The number of nitrogens with zero attached hydrogens (tertiary/aromatic N) is 3. The number of carbonyl (C=O) groups excluding carboxylic acids is 1. The van der Waals surface area contributed by atoms with Gasteiger partial charge in [0.15, 0.2) is 5.78 Å². The largest absolute Gasteiger partial charge is 0.379 e.